The monoisotopic (exact) mass is 711 g/mol. The number of Topliss-reactive ketones (excluding diaryl/α,β-unsaturated/α-hetero) is 4. The van der Waals surface area contributed by atoms with Crippen LogP contribution < -0.4 is 0 Å². The van der Waals surface area contributed by atoms with Crippen molar-refractivity contribution in [2.75, 3.05) is 12.3 Å². The van der Waals surface area contributed by atoms with Gasteiger partial charge in [0.25, 0.3) is 0 Å². The van der Waals surface area contributed by atoms with Crippen molar-refractivity contribution in [3.8, 4) is 12.3 Å². The summed E-state index contributed by atoms with van der Waals surface area (Å²) in [5, 5.41) is -0.313. The number of ketones is 4. The first-order valence-corrected chi connectivity index (χ1v) is 20.8. The van der Waals surface area contributed by atoms with Crippen LogP contribution in [0.5, 0.6) is 0 Å². The van der Waals surface area contributed by atoms with Gasteiger partial charge in [-0.2, -0.15) is 0 Å². The van der Waals surface area contributed by atoms with E-state index in [0.29, 0.717) is 38.6 Å². The number of nitrogens with zero attached hydrogens (tertiary/aromatic N) is 1. The van der Waals surface area contributed by atoms with E-state index in [1.54, 1.807) is 11.0 Å². The Morgan fingerprint density at radius 3 is 2.22 bits per heavy atom. The summed E-state index contributed by atoms with van der Waals surface area (Å²) < 4.78 is 27.1. The molecule has 0 radical (unpaired) electrons. The number of hydrogen-bond acceptors (Lipinski definition) is 7. The quantitative estimate of drug-likeness (QED) is 0.0863. The molecule has 2 unspecified atom stereocenters. The summed E-state index contributed by atoms with van der Waals surface area (Å²) in [5.41, 5.74) is -1.34. The van der Waals surface area contributed by atoms with Gasteiger partial charge in [-0.3, -0.25) is 24.0 Å². The van der Waals surface area contributed by atoms with Crippen molar-refractivity contribution in [2.45, 2.75) is 149 Å². The average molecular weight is 712 g/mol. The Kier molecular flexibility index (Phi) is 12.8. The number of carbonyl (C=O) groups is 5. The van der Waals surface area contributed by atoms with Crippen molar-refractivity contribution >= 4 is 38.9 Å². The predicted octanol–water partition coefficient (Wildman–Crippen LogP) is 6.88. The lowest BCUT2D eigenvalue weighted by Crippen LogP contribution is -2.51. The maximum Gasteiger partial charge on any atom is 0.227 e. The number of piperidine rings is 1. The summed E-state index contributed by atoms with van der Waals surface area (Å²) in [6, 6.07) is -0.742. The van der Waals surface area contributed by atoms with Crippen LogP contribution in [0.4, 0.5) is 0 Å². The van der Waals surface area contributed by atoms with E-state index in [1.807, 2.05) is 20.8 Å². The zero-order valence-corrected chi connectivity index (χ0v) is 32.1. The molecule has 9 heteroatoms. The molecule has 0 N–H and O–H groups in total. The summed E-state index contributed by atoms with van der Waals surface area (Å²) in [6.07, 6.45) is 15.4. The van der Waals surface area contributed by atoms with Crippen LogP contribution in [0.25, 0.3) is 0 Å². The minimum absolute atomic E-state index is 0.00915. The van der Waals surface area contributed by atoms with Gasteiger partial charge in [-0.25, -0.2) is 8.42 Å². The Hall–Kier alpha value is -2.60. The molecule has 4 aliphatic rings. The number of allylic oxidation sites excluding steroid dienone is 1. The molecule has 278 valence electrons. The molecule has 1 aliphatic heterocycles. The lowest BCUT2D eigenvalue weighted by atomic mass is 9.70. The summed E-state index contributed by atoms with van der Waals surface area (Å²) in [7, 11) is -3.34. The highest BCUT2D eigenvalue weighted by Gasteiger charge is 2.69. The molecule has 8 nitrogen and oxygen atoms in total. The summed E-state index contributed by atoms with van der Waals surface area (Å²) in [6.45, 7) is 14.0. The number of likely N-dealkylation sites (tertiary alicyclic amines) is 1. The first-order chi connectivity index (χ1) is 23.4. The third-order valence-electron chi connectivity index (χ3n) is 12.7. The van der Waals surface area contributed by atoms with Gasteiger partial charge in [-0.15, -0.1) is 18.9 Å². The smallest absolute Gasteiger partial charge is 0.227 e. The van der Waals surface area contributed by atoms with Crippen molar-refractivity contribution in [3.05, 3.63) is 12.7 Å². The van der Waals surface area contributed by atoms with Crippen molar-refractivity contribution < 1.29 is 32.4 Å². The van der Waals surface area contributed by atoms with Crippen LogP contribution in [0.2, 0.25) is 0 Å². The fourth-order valence-corrected chi connectivity index (χ4v) is 12.1. The Morgan fingerprint density at radius 2 is 1.64 bits per heavy atom. The SMILES string of the molecule is C#CCCC(CC(=O)[C@@H]1[C@@H]2C(CN1C(=O)[C@@H](CC(=O)CC1(CS(=O)(=O)C3CCCC3)CCCCC1)C(C)(C)C)C2(C)C)C(=O)C(=O)CCC=C. The Bertz CT molecular complexity index is 1470. The maximum atomic E-state index is 14.6. The lowest BCUT2D eigenvalue weighted by Gasteiger charge is -2.39. The van der Waals surface area contributed by atoms with Crippen molar-refractivity contribution in [2.24, 2.45) is 39.9 Å². The molecule has 0 bridgehead atoms. The van der Waals surface area contributed by atoms with Crippen LogP contribution in [0.1, 0.15) is 137 Å². The second-order valence-corrected chi connectivity index (χ2v) is 20.0. The number of amides is 1. The van der Waals surface area contributed by atoms with Gasteiger partial charge in [-0.1, -0.05) is 72.8 Å². The van der Waals surface area contributed by atoms with Gasteiger partial charge in [0, 0.05) is 50.5 Å². The topological polar surface area (TPSA) is 123 Å². The number of sulfone groups is 1. The minimum atomic E-state index is -3.34. The van der Waals surface area contributed by atoms with Crippen LogP contribution in [0, 0.1) is 52.3 Å². The Labute approximate surface area is 301 Å². The standard InChI is InChI=1S/C41H61NO7S/c1-8-10-17-28(37(46)33(44)20-11-9-2)23-34(45)36-35-32(40(35,6)7)26-42(36)38(47)31(39(3,4)5)24-29(43)25-41(21-15-12-16-22-41)27-50(48,49)30-18-13-14-19-30/h1,9,28,30-32,35-36H,2,10-27H2,3-7H3/t28?,31-,32?,35+,36-/m1/s1. The number of carbonyl (C=O) groups excluding carboxylic acids is 5. The minimum Gasteiger partial charge on any atom is -0.332 e. The lowest BCUT2D eigenvalue weighted by molar-refractivity contribution is -0.148. The third kappa shape index (κ3) is 9.06. The molecular formula is C41H61NO7S. The zero-order valence-electron chi connectivity index (χ0n) is 31.3. The van der Waals surface area contributed by atoms with E-state index in [1.165, 1.54) is 0 Å². The fourth-order valence-electron chi connectivity index (χ4n) is 9.56. The molecule has 1 saturated heterocycles. The molecule has 4 rings (SSSR count). The maximum absolute atomic E-state index is 14.6. The van der Waals surface area contributed by atoms with E-state index < -0.39 is 50.1 Å². The predicted molar refractivity (Wildman–Crippen MR) is 196 cm³/mol. The Morgan fingerprint density at radius 1 is 1.00 bits per heavy atom. The summed E-state index contributed by atoms with van der Waals surface area (Å²) >= 11 is 0. The molecule has 0 aromatic rings. The summed E-state index contributed by atoms with van der Waals surface area (Å²) in [4.78, 5) is 70.3. The average Bonchev–Trinajstić information content (AvgIpc) is 3.51. The fraction of sp³-hybridized carbons (Fsp3) is 0.780. The molecule has 1 heterocycles. The van der Waals surface area contributed by atoms with Gasteiger partial charge >= 0.3 is 0 Å². The second kappa shape index (κ2) is 16.0. The highest BCUT2D eigenvalue weighted by molar-refractivity contribution is 7.92. The van der Waals surface area contributed by atoms with Gasteiger partial charge < -0.3 is 4.90 Å². The van der Waals surface area contributed by atoms with E-state index in [0.717, 1.165) is 32.1 Å². The molecule has 4 fully saturated rings. The first kappa shape index (κ1) is 40.2. The number of terminal acetylenes is 1. The van der Waals surface area contributed by atoms with Crippen LogP contribution >= 0.6 is 0 Å². The normalized spacial score (nSPS) is 25.6. The van der Waals surface area contributed by atoms with Crippen LogP contribution in [0.3, 0.4) is 0 Å². The van der Waals surface area contributed by atoms with Crippen molar-refractivity contribution in [1.29, 1.82) is 0 Å². The van der Waals surface area contributed by atoms with Crippen LogP contribution in [-0.4, -0.2) is 65.9 Å². The first-order valence-electron chi connectivity index (χ1n) is 19.1. The largest absolute Gasteiger partial charge is 0.332 e. The number of hydrogen-bond donors (Lipinski definition) is 0. The highest BCUT2D eigenvalue weighted by Crippen LogP contribution is 2.65. The Balaban J connectivity index is 1.54. The molecule has 0 spiro atoms. The molecular weight excluding hydrogens is 651 g/mol. The van der Waals surface area contributed by atoms with E-state index in [2.05, 4.69) is 26.3 Å². The molecule has 1 amide bonds. The van der Waals surface area contributed by atoms with Gasteiger partial charge in [0.05, 0.1) is 17.0 Å². The summed E-state index contributed by atoms with van der Waals surface area (Å²) in [5.74, 6) is -0.624. The van der Waals surface area contributed by atoms with Crippen molar-refractivity contribution in [3.63, 3.8) is 0 Å². The zero-order chi connectivity index (χ0) is 37.1. The van der Waals surface area contributed by atoms with Crippen LogP contribution in [-0.2, 0) is 33.8 Å². The van der Waals surface area contributed by atoms with Gasteiger partial charge in [-0.05, 0) is 66.6 Å². The molecule has 3 saturated carbocycles. The molecule has 5 atom stereocenters. The second-order valence-electron chi connectivity index (χ2n) is 17.7. The molecule has 3 aliphatic carbocycles. The molecule has 50 heavy (non-hydrogen) atoms. The third-order valence-corrected chi connectivity index (χ3v) is 15.2. The molecule has 0 aromatic carbocycles. The molecule has 0 aromatic heterocycles. The van der Waals surface area contributed by atoms with Crippen LogP contribution in [0.15, 0.2) is 12.7 Å². The van der Waals surface area contributed by atoms with E-state index in [-0.39, 0.29) is 84.3 Å². The van der Waals surface area contributed by atoms with Gasteiger partial charge in [0.2, 0.25) is 11.7 Å². The number of rotatable bonds is 18. The van der Waals surface area contributed by atoms with Crippen molar-refractivity contribution in [1.82, 2.24) is 4.90 Å². The van der Waals surface area contributed by atoms with Gasteiger partial charge in [0.15, 0.2) is 21.4 Å². The van der Waals surface area contributed by atoms with E-state index >= 15 is 0 Å². The van der Waals surface area contributed by atoms with E-state index in [9.17, 15) is 32.4 Å². The van der Waals surface area contributed by atoms with E-state index in [4.69, 9.17) is 6.42 Å². The highest BCUT2D eigenvalue weighted by atomic mass is 32.2. The van der Waals surface area contributed by atoms with Gasteiger partial charge in [0.1, 0.15) is 5.78 Å². The number of fused-ring (bicyclic) bond motifs is 1.